The standard InChI is InChI=1S/C10H12O5.C8H7N/c1-13-7-5-4-6(10(11)12)8(14-2)9(7)15-3;1-2-4-8-7(3-1)5-6-9-8/h4-5H,1-3H3,(H,11,12);1-6,9H. The molecule has 0 radical (unpaired) electrons. The number of carbonyl (C=O) groups is 1. The molecule has 0 spiro atoms. The summed E-state index contributed by atoms with van der Waals surface area (Å²) in [6.45, 7) is 0. The summed E-state index contributed by atoms with van der Waals surface area (Å²) in [6.07, 6.45) is 1.95. The predicted octanol–water partition coefficient (Wildman–Crippen LogP) is 3.58. The fourth-order valence-electron chi connectivity index (χ4n) is 2.26. The largest absolute Gasteiger partial charge is 0.493 e. The molecule has 3 rings (SSSR count). The smallest absolute Gasteiger partial charge is 0.339 e. The van der Waals surface area contributed by atoms with Gasteiger partial charge in [0.15, 0.2) is 11.5 Å². The highest BCUT2D eigenvalue weighted by Crippen LogP contribution is 2.39. The number of carboxylic acid groups (broad SMARTS) is 1. The van der Waals surface area contributed by atoms with E-state index in [0.717, 1.165) is 0 Å². The average Bonchev–Trinajstić information content (AvgIpc) is 3.09. The Hall–Kier alpha value is -3.15. The van der Waals surface area contributed by atoms with Gasteiger partial charge < -0.3 is 24.3 Å². The summed E-state index contributed by atoms with van der Waals surface area (Å²) in [6, 6.07) is 13.2. The monoisotopic (exact) mass is 329 g/mol. The molecular weight excluding hydrogens is 310 g/mol. The van der Waals surface area contributed by atoms with E-state index in [1.54, 1.807) is 0 Å². The molecule has 0 bridgehead atoms. The topological polar surface area (TPSA) is 80.8 Å². The molecule has 0 unspecified atom stereocenters. The van der Waals surface area contributed by atoms with Crippen molar-refractivity contribution < 1.29 is 24.1 Å². The number of hydrogen-bond acceptors (Lipinski definition) is 4. The van der Waals surface area contributed by atoms with Gasteiger partial charge in [-0.2, -0.15) is 0 Å². The van der Waals surface area contributed by atoms with E-state index >= 15 is 0 Å². The van der Waals surface area contributed by atoms with Crippen molar-refractivity contribution >= 4 is 16.9 Å². The molecule has 2 aromatic carbocycles. The van der Waals surface area contributed by atoms with Crippen LogP contribution >= 0.6 is 0 Å². The lowest BCUT2D eigenvalue weighted by Gasteiger charge is -2.13. The van der Waals surface area contributed by atoms with Gasteiger partial charge in [0.05, 0.1) is 21.3 Å². The van der Waals surface area contributed by atoms with Gasteiger partial charge in [-0.15, -0.1) is 0 Å². The molecule has 126 valence electrons. The molecule has 2 N–H and O–H groups in total. The van der Waals surface area contributed by atoms with Crippen LogP contribution in [0.3, 0.4) is 0 Å². The summed E-state index contributed by atoms with van der Waals surface area (Å²) in [7, 11) is 4.27. The Bertz CT molecular complexity index is 795. The number of rotatable bonds is 4. The maximum Gasteiger partial charge on any atom is 0.339 e. The number of H-pyrrole nitrogens is 1. The van der Waals surface area contributed by atoms with Crippen LogP contribution < -0.4 is 14.2 Å². The van der Waals surface area contributed by atoms with Crippen molar-refractivity contribution in [2.75, 3.05) is 21.3 Å². The van der Waals surface area contributed by atoms with Crippen LogP contribution in [0, 0.1) is 0 Å². The molecule has 1 heterocycles. The molecule has 1 aromatic heterocycles. The summed E-state index contributed by atoms with van der Waals surface area (Å²) < 4.78 is 15.0. The third-order valence-corrected chi connectivity index (χ3v) is 3.40. The lowest BCUT2D eigenvalue weighted by Crippen LogP contribution is -2.03. The van der Waals surface area contributed by atoms with Gasteiger partial charge in [0.2, 0.25) is 5.75 Å². The van der Waals surface area contributed by atoms with Crippen molar-refractivity contribution in [2.45, 2.75) is 0 Å². The first-order valence-electron chi connectivity index (χ1n) is 7.16. The zero-order valence-corrected chi connectivity index (χ0v) is 13.7. The van der Waals surface area contributed by atoms with Crippen LogP contribution in [0.4, 0.5) is 0 Å². The van der Waals surface area contributed by atoms with Gasteiger partial charge in [0.1, 0.15) is 5.56 Å². The second-order valence-electron chi connectivity index (χ2n) is 4.75. The number of aromatic nitrogens is 1. The molecule has 6 heteroatoms. The number of methoxy groups -OCH3 is 3. The molecule has 0 saturated heterocycles. The van der Waals surface area contributed by atoms with E-state index in [1.807, 2.05) is 18.3 Å². The van der Waals surface area contributed by atoms with E-state index in [-0.39, 0.29) is 17.1 Å². The van der Waals surface area contributed by atoms with Crippen molar-refractivity contribution in [3.8, 4) is 17.2 Å². The summed E-state index contributed by atoms with van der Waals surface area (Å²) >= 11 is 0. The van der Waals surface area contributed by atoms with Crippen LogP contribution in [0.5, 0.6) is 17.2 Å². The van der Waals surface area contributed by atoms with Gasteiger partial charge in [-0.1, -0.05) is 18.2 Å². The predicted molar refractivity (Wildman–Crippen MR) is 91.4 cm³/mol. The lowest BCUT2D eigenvalue weighted by molar-refractivity contribution is 0.0692. The third kappa shape index (κ3) is 3.60. The van der Waals surface area contributed by atoms with E-state index in [0.29, 0.717) is 5.75 Å². The van der Waals surface area contributed by atoms with Gasteiger partial charge in [-0.05, 0) is 29.7 Å². The second-order valence-corrected chi connectivity index (χ2v) is 4.75. The van der Waals surface area contributed by atoms with Crippen LogP contribution in [0.15, 0.2) is 48.7 Å². The molecule has 0 atom stereocenters. The molecule has 6 nitrogen and oxygen atoms in total. The highest BCUT2D eigenvalue weighted by Gasteiger charge is 2.19. The van der Waals surface area contributed by atoms with Gasteiger partial charge in [-0.3, -0.25) is 0 Å². The van der Waals surface area contributed by atoms with Crippen molar-refractivity contribution in [2.24, 2.45) is 0 Å². The van der Waals surface area contributed by atoms with Gasteiger partial charge in [0, 0.05) is 11.7 Å². The fraction of sp³-hybridized carbons (Fsp3) is 0.167. The molecular formula is C18H19NO5. The van der Waals surface area contributed by atoms with Crippen LogP contribution in [-0.2, 0) is 0 Å². The molecule has 0 fully saturated rings. The fourth-order valence-corrected chi connectivity index (χ4v) is 2.26. The molecule has 0 aliphatic carbocycles. The number of fused-ring (bicyclic) bond motifs is 1. The van der Waals surface area contributed by atoms with E-state index in [4.69, 9.17) is 19.3 Å². The molecule has 24 heavy (non-hydrogen) atoms. The normalized spacial score (nSPS) is 9.79. The minimum Gasteiger partial charge on any atom is -0.493 e. The lowest BCUT2D eigenvalue weighted by atomic mass is 10.1. The Labute approximate surface area is 139 Å². The number of nitrogens with one attached hydrogen (secondary N) is 1. The van der Waals surface area contributed by atoms with Gasteiger partial charge in [-0.25, -0.2) is 4.79 Å². The average molecular weight is 329 g/mol. The van der Waals surface area contributed by atoms with Gasteiger partial charge >= 0.3 is 5.97 Å². The minimum absolute atomic E-state index is 0.0372. The first-order valence-corrected chi connectivity index (χ1v) is 7.16. The highest BCUT2D eigenvalue weighted by atomic mass is 16.5. The van der Waals surface area contributed by atoms with Crippen molar-refractivity contribution in [3.05, 3.63) is 54.2 Å². The number of aromatic carboxylic acids is 1. The zero-order chi connectivity index (χ0) is 17.5. The Morgan fingerprint density at radius 3 is 2.21 bits per heavy atom. The summed E-state index contributed by atoms with van der Waals surface area (Å²) in [5.41, 5.74) is 1.24. The number of para-hydroxylation sites is 1. The Morgan fingerprint density at radius 2 is 1.62 bits per heavy atom. The summed E-state index contributed by atoms with van der Waals surface area (Å²) in [4.78, 5) is 14.0. The zero-order valence-electron chi connectivity index (χ0n) is 13.7. The SMILES string of the molecule is COc1ccc(C(=O)O)c(OC)c1OC.c1ccc2[nH]ccc2c1. The van der Waals surface area contributed by atoms with Crippen LogP contribution in [-0.4, -0.2) is 37.4 Å². The number of carboxylic acids is 1. The van der Waals surface area contributed by atoms with Crippen LogP contribution in [0.2, 0.25) is 0 Å². The Morgan fingerprint density at radius 1 is 0.917 bits per heavy atom. The van der Waals surface area contributed by atoms with Crippen LogP contribution in [0.25, 0.3) is 10.9 Å². The number of benzene rings is 2. The van der Waals surface area contributed by atoms with Crippen LogP contribution in [0.1, 0.15) is 10.4 Å². The minimum atomic E-state index is -1.08. The Balaban J connectivity index is 0.000000194. The quantitative estimate of drug-likeness (QED) is 0.765. The summed E-state index contributed by atoms with van der Waals surface area (Å²) in [5.74, 6) is -0.212. The van der Waals surface area contributed by atoms with E-state index < -0.39 is 5.97 Å². The maximum absolute atomic E-state index is 10.9. The number of hydrogen-bond donors (Lipinski definition) is 2. The first-order chi connectivity index (χ1) is 11.6. The maximum atomic E-state index is 10.9. The number of aromatic amines is 1. The van der Waals surface area contributed by atoms with E-state index in [2.05, 4.69) is 23.2 Å². The molecule has 0 aliphatic heterocycles. The van der Waals surface area contributed by atoms with Crippen molar-refractivity contribution in [1.82, 2.24) is 4.98 Å². The first kappa shape index (κ1) is 17.2. The summed E-state index contributed by atoms with van der Waals surface area (Å²) in [5, 5.41) is 10.2. The highest BCUT2D eigenvalue weighted by molar-refractivity contribution is 5.92. The molecule has 0 aliphatic rings. The van der Waals surface area contributed by atoms with E-state index in [1.165, 1.54) is 44.4 Å². The molecule has 3 aromatic rings. The van der Waals surface area contributed by atoms with Gasteiger partial charge in [0.25, 0.3) is 0 Å². The van der Waals surface area contributed by atoms with Crippen molar-refractivity contribution in [3.63, 3.8) is 0 Å². The number of ether oxygens (including phenoxy) is 3. The van der Waals surface area contributed by atoms with Crippen molar-refractivity contribution in [1.29, 1.82) is 0 Å². The second kappa shape index (κ2) is 7.92. The molecule has 0 saturated carbocycles. The van der Waals surface area contributed by atoms with E-state index in [9.17, 15) is 4.79 Å². The third-order valence-electron chi connectivity index (χ3n) is 3.40. The molecule has 0 amide bonds. The Kier molecular flexibility index (Phi) is 5.68.